The topological polar surface area (TPSA) is 75.1 Å². The molecule has 146 valence electrons. The molecule has 0 spiro atoms. The molecule has 7 nitrogen and oxygen atoms in total. The van der Waals surface area contributed by atoms with E-state index in [0.717, 1.165) is 58.2 Å². The lowest BCUT2D eigenvalue weighted by Gasteiger charge is -2.35. The van der Waals surface area contributed by atoms with Gasteiger partial charge in [0.15, 0.2) is 5.01 Å². The normalized spacial score (nSPS) is 15.5. The quantitative estimate of drug-likeness (QED) is 0.675. The van der Waals surface area contributed by atoms with Gasteiger partial charge in [-0.15, -0.1) is 10.2 Å². The van der Waals surface area contributed by atoms with Gasteiger partial charge < -0.3 is 9.80 Å². The number of rotatable bonds is 4. The third kappa shape index (κ3) is 4.02. The molecule has 0 atom stereocenters. The lowest BCUT2D eigenvalue weighted by Crippen LogP contribution is -2.45. The SMILES string of the molecule is Cc1nnc(-c2ccc3cnc(CC(=O)N4CCC(N(C)C)CC4)cc3n2)s1. The molecule has 0 bridgehead atoms. The molecule has 4 heterocycles. The number of pyridine rings is 2. The molecule has 8 heteroatoms. The van der Waals surface area contributed by atoms with E-state index in [4.69, 9.17) is 4.98 Å². The van der Waals surface area contributed by atoms with Crippen molar-refractivity contribution in [2.45, 2.75) is 32.2 Å². The maximum Gasteiger partial charge on any atom is 0.228 e. The Hall–Kier alpha value is -2.45. The van der Waals surface area contributed by atoms with Gasteiger partial charge in [0.1, 0.15) is 10.7 Å². The Kier molecular flexibility index (Phi) is 5.32. The van der Waals surface area contributed by atoms with E-state index < -0.39 is 0 Å². The summed E-state index contributed by atoms with van der Waals surface area (Å²) in [7, 11) is 4.21. The summed E-state index contributed by atoms with van der Waals surface area (Å²) in [6, 6.07) is 6.40. The Bertz CT molecular complexity index is 993. The monoisotopic (exact) mass is 396 g/mol. The van der Waals surface area contributed by atoms with Crippen molar-refractivity contribution >= 4 is 28.1 Å². The Morgan fingerprint density at radius 2 is 2.04 bits per heavy atom. The first kappa shape index (κ1) is 18.9. The molecule has 1 saturated heterocycles. The minimum atomic E-state index is 0.139. The molecular formula is C20H24N6OS. The number of likely N-dealkylation sites (tertiary alicyclic amines) is 1. The van der Waals surface area contributed by atoms with Gasteiger partial charge in [-0.2, -0.15) is 0 Å². The van der Waals surface area contributed by atoms with E-state index in [2.05, 4.69) is 34.2 Å². The zero-order valence-corrected chi connectivity index (χ0v) is 17.2. The van der Waals surface area contributed by atoms with Gasteiger partial charge in [0.05, 0.1) is 17.6 Å². The molecule has 1 amide bonds. The predicted octanol–water partition coefficient (Wildman–Crippen LogP) is 2.55. The van der Waals surface area contributed by atoms with Crippen LogP contribution in [0.1, 0.15) is 23.5 Å². The van der Waals surface area contributed by atoms with Crippen LogP contribution in [0, 0.1) is 6.92 Å². The fraction of sp³-hybridized carbons (Fsp3) is 0.450. The van der Waals surface area contributed by atoms with Crippen LogP contribution >= 0.6 is 11.3 Å². The standard InChI is InChI=1S/C20H24N6OS/c1-13-23-24-20(28-13)17-5-4-14-12-21-15(10-18(14)22-17)11-19(27)26-8-6-16(7-9-26)25(2)3/h4-5,10,12,16H,6-9,11H2,1-3H3. The lowest BCUT2D eigenvalue weighted by molar-refractivity contribution is -0.132. The number of amides is 1. The molecule has 0 aliphatic carbocycles. The average molecular weight is 397 g/mol. The zero-order chi connectivity index (χ0) is 19.7. The summed E-state index contributed by atoms with van der Waals surface area (Å²) in [6.45, 7) is 3.55. The molecule has 0 aromatic carbocycles. The van der Waals surface area contributed by atoms with Crippen LogP contribution in [-0.4, -0.2) is 69.1 Å². The van der Waals surface area contributed by atoms with E-state index in [0.29, 0.717) is 12.5 Å². The van der Waals surface area contributed by atoms with Crippen LogP contribution in [0.5, 0.6) is 0 Å². The molecule has 1 aliphatic heterocycles. The molecule has 0 saturated carbocycles. The fourth-order valence-corrected chi connectivity index (χ4v) is 4.23. The zero-order valence-electron chi connectivity index (χ0n) is 16.4. The van der Waals surface area contributed by atoms with Gasteiger partial charge >= 0.3 is 0 Å². The van der Waals surface area contributed by atoms with E-state index in [9.17, 15) is 4.79 Å². The van der Waals surface area contributed by atoms with Crippen LogP contribution in [-0.2, 0) is 11.2 Å². The summed E-state index contributed by atoms with van der Waals surface area (Å²) in [5, 5.41) is 10.9. The fourth-order valence-electron chi connectivity index (χ4n) is 3.57. The van der Waals surface area contributed by atoms with Crippen molar-refractivity contribution in [3.05, 3.63) is 35.1 Å². The van der Waals surface area contributed by atoms with Crippen LogP contribution in [0.4, 0.5) is 0 Å². The maximum absolute atomic E-state index is 12.7. The minimum absolute atomic E-state index is 0.139. The van der Waals surface area contributed by atoms with Crippen molar-refractivity contribution < 1.29 is 4.79 Å². The van der Waals surface area contributed by atoms with Crippen LogP contribution < -0.4 is 0 Å². The third-order valence-electron chi connectivity index (χ3n) is 5.26. The first-order chi connectivity index (χ1) is 13.5. The van der Waals surface area contributed by atoms with Crippen molar-refractivity contribution in [1.29, 1.82) is 0 Å². The molecule has 4 rings (SSSR count). The lowest BCUT2D eigenvalue weighted by atomic mass is 10.0. The Balaban J connectivity index is 1.49. The number of fused-ring (bicyclic) bond motifs is 1. The second-order valence-corrected chi connectivity index (χ2v) is 8.63. The molecule has 3 aromatic heterocycles. The molecule has 0 radical (unpaired) electrons. The predicted molar refractivity (Wildman–Crippen MR) is 110 cm³/mol. The summed E-state index contributed by atoms with van der Waals surface area (Å²) in [4.78, 5) is 26.1. The largest absolute Gasteiger partial charge is 0.342 e. The van der Waals surface area contributed by atoms with Gasteiger partial charge in [0, 0.05) is 30.7 Å². The molecule has 28 heavy (non-hydrogen) atoms. The highest BCUT2D eigenvalue weighted by molar-refractivity contribution is 7.14. The number of nitrogens with zero attached hydrogens (tertiary/aromatic N) is 6. The smallest absolute Gasteiger partial charge is 0.228 e. The second kappa shape index (κ2) is 7.89. The highest BCUT2D eigenvalue weighted by Crippen LogP contribution is 2.24. The van der Waals surface area contributed by atoms with E-state index in [1.54, 1.807) is 6.20 Å². The van der Waals surface area contributed by atoms with Crippen LogP contribution in [0.25, 0.3) is 21.6 Å². The molecule has 1 aliphatic rings. The second-order valence-electron chi connectivity index (χ2n) is 7.44. The van der Waals surface area contributed by atoms with E-state index in [1.807, 2.05) is 30.0 Å². The van der Waals surface area contributed by atoms with Crippen molar-refractivity contribution in [1.82, 2.24) is 30.0 Å². The number of carbonyl (C=O) groups is 1. The van der Waals surface area contributed by atoms with Crippen molar-refractivity contribution in [2.75, 3.05) is 27.2 Å². The summed E-state index contributed by atoms with van der Waals surface area (Å²) in [5.41, 5.74) is 2.38. The average Bonchev–Trinajstić information content (AvgIpc) is 3.14. The van der Waals surface area contributed by atoms with Crippen molar-refractivity contribution in [3.8, 4) is 10.7 Å². The highest BCUT2D eigenvalue weighted by atomic mass is 32.1. The molecule has 0 unspecified atom stereocenters. The molecular weight excluding hydrogens is 372 g/mol. The molecule has 0 N–H and O–H groups in total. The Labute approximate surface area is 168 Å². The minimum Gasteiger partial charge on any atom is -0.342 e. The summed E-state index contributed by atoms with van der Waals surface area (Å²) < 4.78 is 0. The summed E-state index contributed by atoms with van der Waals surface area (Å²) in [5.74, 6) is 0.139. The number of hydrogen-bond donors (Lipinski definition) is 0. The molecule has 3 aromatic rings. The third-order valence-corrected chi connectivity index (χ3v) is 6.12. The van der Waals surface area contributed by atoms with Crippen LogP contribution in [0.2, 0.25) is 0 Å². The van der Waals surface area contributed by atoms with Crippen molar-refractivity contribution in [3.63, 3.8) is 0 Å². The van der Waals surface area contributed by atoms with Gasteiger partial charge in [0.25, 0.3) is 0 Å². The van der Waals surface area contributed by atoms with Crippen molar-refractivity contribution in [2.24, 2.45) is 0 Å². The Morgan fingerprint density at radius 1 is 1.25 bits per heavy atom. The Morgan fingerprint density at radius 3 is 2.71 bits per heavy atom. The number of hydrogen-bond acceptors (Lipinski definition) is 7. The maximum atomic E-state index is 12.7. The molecule has 1 fully saturated rings. The van der Waals surface area contributed by atoms with Gasteiger partial charge in [-0.3, -0.25) is 9.78 Å². The highest BCUT2D eigenvalue weighted by Gasteiger charge is 2.24. The summed E-state index contributed by atoms with van der Waals surface area (Å²) >= 11 is 1.52. The summed E-state index contributed by atoms with van der Waals surface area (Å²) in [6.07, 6.45) is 4.15. The van der Waals surface area contributed by atoms with Gasteiger partial charge in [0.2, 0.25) is 5.91 Å². The van der Waals surface area contributed by atoms with E-state index in [-0.39, 0.29) is 5.91 Å². The van der Waals surface area contributed by atoms with Gasteiger partial charge in [-0.05, 0) is 52.1 Å². The van der Waals surface area contributed by atoms with Gasteiger partial charge in [-0.25, -0.2) is 4.98 Å². The van der Waals surface area contributed by atoms with E-state index in [1.165, 1.54) is 11.3 Å². The number of carbonyl (C=O) groups excluding carboxylic acids is 1. The number of aromatic nitrogens is 4. The van der Waals surface area contributed by atoms with Gasteiger partial charge in [-0.1, -0.05) is 11.3 Å². The van der Waals surface area contributed by atoms with Crippen LogP contribution in [0.15, 0.2) is 24.4 Å². The first-order valence-electron chi connectivity index (χ1n) is 9.50. The van der Waals surface area contributed by atoms with E-state index >= 15 is 0 Å². The number of piperidine rings is 1. The first-order valence-corrected chi connectivity index (χ1v) is 10.3. The van der Waals surface area contributed by atoms with Crippen LogP contribution in [0.3, 0.4) is 0 Å². The number of aryl methyl sites for hydroxylation is 1.